The van der Waals surface area contributed by atoms with Crippen LogP contribution in [0.4, 0.5) is 0 Å². The highest BCUT2D eigenvalue weighted by molar-refractivity contribution is 7.26. The van der Waals surface area contributed by atoms with E-state index in [1.165, 1.54) is 20.2 Å². The van der Waals surface area contributed by atoms with E-state index in [1.54, 1.807) is 11.3 Å². The number of aromatic nitrogens is 5. The normalized spacial score (nSPS) is 11.3. The maximum Gasteiger partial charge on any atom is 0.164 e. The van der Waals surface area contributed by atoms with Crippen LogP contribution in [-0.2, 0) is 0 Å². The molecule has 0 amide bonds. The zero-order valence-corrected chi connectivity index (χ0v) is 30.4. The first-order valence-electron chi connectivity index (χ1n) is 18.2. The molecule has 55 heavy (non-hydrogen) atoms. The number of hydrogen-bond acceptors (Lipinski definition) is 6. The van der Waals surface area contributed by atoms with Crippen LogP contribution in [0.15, 0.2) is 188 Å². The molecule has 10 rings (SSSR count). The van der Waals surface area contributed by atoms with Gasteiger partial charge in [0.2, 0.25) is 0 Å². The van der Waals surface area contributed by atoms with Crippen LogP contribution in [0.5, 0.6) is 0 Å². The van der Waals surface area contributed by atoms with E-state index in [0.29, 0.717) is 23.3 Å². The fourth-order valence-corrected chi connectivity index (χ4v) is 8.30. The Labute approximate surface area is 322 Å². The molecule has 0 aliphatic rings. The molecule has 0 bridgehead atoms. The Bertz CT molecular complexity index is 2850. The van der Waals surface area contributed by atoms with Crippen molar-refractivity contribution in [1.82, 2.24) is 24.9 Å². The van der Waals surface area contributed by atoms with Crippen molar-refractivity contribution in [1.29, 1.82) is 0 Å². The summed E-state index contributed by atoms with van der Waals surface area (Å²) in [5, 5.41) is 2.40. The van der Waals surface area contributed by atoms with Gasteiger partial charge in [-0.15, -0.1) is 11.3 Å². The van der Waals surface area contributed by atoms with E-state index in [-0.39, 0.29) is 0 Å². The van der Waals surface area contributed by atoms with Gasteiger partial charge in [0.1, 0.15) is 0 Å². The molecule has 6 heteroatoms. The Morgan fingerprint density at radius 3 is 1.36 bits per heavy atom. The number of rotatable bonds is 7. The zero-order valence-electron chi connectivity index (χ0n) is 29.5. The highest BCUT2D eigenvalue weighted by Gasteiger charge is 2.19. The summed E-state index contributed by atoms with van der Waals surface area (Å²) in [5.41, 5.74) is 9.96. The van der Waals surface area contributed by atoms with Crippen molar-refractivity contribution in [3.8, 4) is 79.2 Å². The lowest BCUT2D eigenvalue weighted by atomic mass is 9.93. The van der Waals surface area contributed by atoms with Gasteiger partial charge in [0, 0.05) is 53.6 Å². The highest BCUT2D eigenvalue weighted by atomic mass is 32.1. The molecule has 0 saturated heterocycles. The van der Waals surface area contributed by atoms with E-state index in [4.69, 9.17) is 24.9 Å². The first-order valence-corrected chi connectivity index (χ1v) is 19.0. The first-order chi connectivity index (χ1) is 27.2. The Morgan fingerprint density at radius 2 is 0.764 bits per heavy atom. The van der Waals surface area contributed by atoms with Crippen LogP contribution in [0.3, 0.4) is 0 Å². The Balaban J connectivity index is 1.12. The van der Waals surface area contributed by atoms with E-state index in [9.17, 15) is 0 Å². The summed E-state index contributed by atoms with van der Waals surface area (Å²) < 4.78 is 2.38. The fourth-order valence-electron chi connectivity index (χ4n) is 7.13. The second-order valence-electron chi connectivity index (χ2n) is 13.3. The van der Waals surface area contributed by atoms with Gasteiger partial charge in [-0.05, 0) is 29.3 Å². The number of fused-ring (bicyclic) bond motifs is 3. The van der Waals surface area contributed by atoms with Crippen molar-refractivity contribution in [3.63, 3.8) is 0 Å². The van der Waals surface area contributed by atoms with E-state index in [1.807, 2.05) is 97.1 Å². The largest absolute Gasteiger partial charge is 0.228 e. The highest BCUT2D eigenvalue weighted by Crippen LogP contribution is 2.44. The fraction of sp³-hybridized carbons (Fsp3) is 0. The molecule has 0 fully saturated rings. The number of nitrogens with zero attached hydrogens (tertiary/aromatic N) is 5. The van der Waals surface area contributed by atoms with Gasteiger partial charge in [-0.1, -0.05) is 170 Å². The van der Waals surface area contributed by atoms with Crippen molar-refractivity contribution < 1.29 is 0 Å². The minimum absolute atomic E-state index is 0.643. The van der Waals surface area contributed by atoms with Crippen LogP contribution >= 0.6 is 11.3 Å². The van der Waals surface area contributed by atoms with Crippen LogP contribution in [0.2, 0.25) is 0 Å². The molecule has 258 valence electrons. The molecule has 0 spiro atoms. The molecule has 0 unspecified atom stereocenters. The molecule has 0 N–H and O–H groups in total. The number of benzene rings is 7. The van der Waals surface area contributed by atoms with Crippen molar-refractivity contribution in [2.45, 2.75) is 0 Å². The quantitative estimate of drug-likeness (QED) is 0.164. The maximum atomic E-state index is 5.19. The molecule has 3 aromatic heterocycles. The van der Waals surface area contributed by atoms with Gasteiger partial charge in [-0.2, -0.15) is 0 Å². The van der Waals surface area contributed by atoms with E-state index < -0.39 is 0 Å². The molecular formula is C49H31N5S. The SMILES string of the molecule is c1ccc(-c2cc(-c3ccccc3-c3cccc4sc5cc(-c6nc(-c7ccccc7)nc(-c7ccccc7)n6)ccc5c34)nc(-c3ccccc3)n2)cc1. The van der Waals surface area contributed by atoms with Gasteiger partial charge in [-0.25, -0.2) is 24.9 Å². The van der Waals surface area contributed by atoms with Crippen LogP contribution in [0, 0.1) is 0 Å². The van der Waals surface area contributed by atoms with Crippen LogP contribution in [-0.4, -0.2) is 24.9 Å². The topological polar surface area (TPSA) is 64.5 Å². The third-order valence-electron chi connectivity index (χ3n) is 9.78. The number of hydrogen-bond donors (Lipinski definition) is 0. The molecule has 0 atom stereocenters. The smallest absolute Gasteiger partial charge is 0.164 e. The summed E-state index contributed by atoms with van der Waals surface area (Å²) in [5.74, 6) is 2.64. The second-order valence-corrected chi connectivity index (χ2v) is 14.4. The predicted octanol–water partition coefficient (Wildman–Crippen LogP) is 12.7. The summed E-state index contributed by atoms with van der Waals surface area (Å²) in [4.78, 5) is 25.1. The molecule has 0 aliphatic heterocycles. The average Bonchev–Trinajstić information content (AvgIpc) is 3.66. The Morgan fingerprint density at radius 1 is 0.291 bits per heavy atom. The predicted molar refractivity (Wildman–Crippen MR) is 226 cm³/mol. The van der Waals surface area contributed by atoms with Gasteiger partial charge in [0.05, 0.1) is 11.4 Å². The Kier molecular flexibility index (Phi) is 8.28. The molecule has 0 saturated carbocycles. The summed E-state index contributed by atoms with van der Waals surface area (Å²) in [6.07, 6.45) is 0. The van der Waals surface area contributed by atoms with Crippen molar-refractivity contribution in [2.75, 3.05) is 0 Å². The second kappa shape index (κ2) is 14.0. The van der Waals surface area contributed by atoms with Crippen LogP contribution < -0.4 is 0 Å². The van der Waals surface area contributed by atoms with E-state index >= 15 is 0 Å². The summed E-state index contributed by atoms with van der Waals surface area (Å²) >= 11 is 1.78. The Hall–Kier alpha value is -7.15. The van der Waals surface area contributed by atoms with Crippen LogP contribution in [0.1, 0.15) is 0 Å². The summed E-state index contributed by atoms with van der Waals surface area (Å²) in [6.45, 7) is 0. The third-order valence-corrected chi connectivity index (χ3v) is 10.9. The van der Waals surface area contributed by atoms with Gasteiger partial charge < -0.3 is 0 Å². The maximum absolute atomic E-state index is 5.19. The van der Waals surface area contributed by atoms with Gasteiger partial charge in [0.15, 0.2) is 23.3 Å². The lowest BCUT2D eigenvalue weighted by Crippen LogP contribution is -2.00. The lowest BCUT2D eigenvalue weighted by Gasteiger charge is -2.14. The minimum Gasteiger partial charge on any atom is -0.228 e. The molecule has 3 heterocycles. The van der Waals surface area contributed by atoms with Crippen molar-refractivity contribution >= 4 is 31.5 Å². The molecular weight excluding hydrogens is 691 g/mol. The molecule has 10 aromatic rings. The first kappa shape index (κ1) is 32.5. The van der Waals surface area contributed by atoms with Gasteiger partial charge in [-0.3, -0.25) is 0 Å². The minimum atomic E-state index is 0.643. The van der Waals surface area contributed by atoms with Gasteiger partial charge >= 0.3 is 0 Å². The lowest BCUT2D eigenvalue weighted by molar-refractivity contribution is 1.07. The molecule has 0 radical (unpaired) electrons. The standard InChI is InChI=1S/C49H31N5S/c1-5-16-32(17-6-1)41-31-42(51-46(50-41)33-18-7-2-8-19-33)38-25-14-13-24-37(38)39-26-15-27-43-45(39)40-29-28-36(30-44(40)55-43)49-53-47(34-20-9-3-10-21-34)52-48(54-49)35-22-11-4-12-23-35/h1-31H. The third kappa shape index (κ3) is 6.24. The zero-order chi connectivity index (χ0) is 36.6. The van der Waals surface area contributed by atoms with Crippen molar-refractivity contribution in [3.05, 3.63) is 188 Å². The van der Waals surface area contributed by atoms with E-state index in [2.05, 4.69) is 91.0 Å². The molecule has 7 aromatic carbocycles. The summed E-state index contributed by atoms with van der Waals surface area (Å²) in [6, 6.07) is 64.6. The van der Waals surface area contributed by atoms with Crippen LogP contribution in [0.25, 0.3) is 99.4 Å². The number of thiophene rings is 1. The molecule has 5 nitrogen and oxygen atoms in total. The average molecular weight is 722 g/mol. The summed E-state index contributed by atoms with van der Waals surface area (Å²) in [7, 11) is 0. The monoisotopic (exact) mass is 721 g/mol. The van der Waals surface area contributed by atoms with Crippen molar-refractivity contribution in [2.24, 2.45) is 0 Å². The van der Waals surface area contributed by atoms with E-state index in [0.717, 1.165) is 55.9 Å². The molecule has 0 aliphatic carbocycles. The van der Waals surface area contributed by atoms with Gasteiger partial charge in [0.25, 0.3) is 0 Å².